The molecule has 0 saturated carbocycles. The molecule has 0 radical (unpaired) electrons. The Labute approximate surface area is 90.1 Å². The summed E-state index contributed by atoms with van der Waals surface area (Å²) < 4.78 is 0. The van der Waals surface area contributed by atoms with Gasteiger partial charge in [-0.15, -0.1) is 0 Å². The van der Waals surface area contributed by atoms with E-state index in [-0.39, 0.29) is 0 Å². The third-order valence-corrected chi connectivity index (χ3v) is 2.38. The van der Waals surface area contributed by atoms with Crippen molar-refractivity contribution in [3.63, 3.8) is 0 Å². The zero-order valence-electron chi connectivity index (χ0n) is 9.97. The van der Waals surface area contributed by atoms with Gasteiger partial charge in [-0.2, -0.15) is 0 Å². The minimum Gasteiger partial charge on any atom is -0.0917 e. The minimum atomic E-state index is 1.18. The van der Waals surface area contributed by atoms with Crippen molar-refractivity contribution in [3.05, 3.63) is 24.3 Å². The first-order chi connectivity index (χ1) is 6.91. The fraction of sp³-hybridized carbons (Fsp3) is 0.714. The van der Waals surface area contributed by atoms with Crippen LogP contribution in [0.5, 0.6) is 0 Å². The van der Waals surface area contributed by atoms with Crippen LogP contribution in [0.25, 0.3) is 0 Å². The van der Waals surface area contributed by atoms with Crippen LogP contribution < -0.4 is 0 Å². The third kappa shape index (κ3) is 11.5. The van der Waals surface area contributed by atoms with E-state index in [2.05, 4.69) is 38.2 Å². The molecule has 0 N–H and O–H groups in total. The van der Waals surface area contributed by atoms with Gasteiger partial charge in [-0.1, -0.05) is 50.5 Å². The van der Waals surface area contributed by atoms with E-state index in [1.807, 2.05) is 0 Å². The number of rotatable bonds is 9. The van der Waals surface area contributed by atoms with Crippen molar-refractivity contribution < 1.29 is 0 Å². The summed E-state index contributed by atoms with van der Waals surface area (Å²) in [5.41, 5.74) is 0. The van der Waals surface area contributed by atoms with Crippen LogP contribution in [0.15, 0.2) is 24.3 Å². The Balaban J connectivity index is 2.95. The molecule has 0 aliphatic rings. The predicted octanol–water partition coefficient (Wildman–Crippen LogP) is 5.26. The lowest BCUT2D eigenvalue weighted by Gasteiger charge is -1.97. The first kappa shape index (κ1) is 13.5. The molecule has 82 valence electrons. The van der Waals surface area contributed by atoms with Crippen LogP contribution in [-0.4, -0.2) is 0 Å². The van der Waals surface area contributed by atoms with Crippen molar-refractivity contribution in [2.24, 2.45) is 0 Å². The Morgan fingerprint density at radius 1 is 0.714 bits per heavy atom. The highest BCUT2D eigenvalue weighted by Crippen LogP contribution is 2.07. The van der Waals surface area contributed by atoms with Crippen LogP contribution in [0.3, 0.4) is 0 Å². The fourth-order valence-corrected chi connectivity index (χ4v) is 1.51. The van der Waals surface area contributed by atoms with Crippen LogP contribution >= 0.6 is 0 Å². The topological polar surface area (TPSA) is 0 Å². The van der Waals surface area contributed by atoms with E-state index in [4.69, 9.17) is 0 Å². The minimum absolute atomic E-state index is 1.18. The molecular weight excluding hydrogens is 168 g/mol. The van der Waals surface area contributed by atoms with E-state index in [0.29, 0.717) is 0 Å². The number of allylic oxidation sites excluding steroid dienone is 4. The lowest BCUT2D eigenvalue weighted by molar-refractivity contribution is 0.621. The molecule has 0 spiro atoms. The molecule has 0 aromatic carbocycles. The fourth-order valence-electron chi connectivity index (χ4n) is 1.51. The number of hydrogen-bond acceptors (Lipinski definition) is 0. The van der Waals surface area contributed by atoms with Crippen LogP contribution in [0, 0.1) is 0 Å². The highest BCUT2D eigenvalue weighted by Gasteiger charge is 1.88. The molecule has 14 heavy (non-hydrogen) atoms. The first-order valence-corrected chi connectivity index (χ1v) is 6.18. The molecule has 0 saturated heterocycles. The molecule has 0 aliphatic heterocycles. The van der Waals surface area contributed by atoms with Gasteiger partial charge in [0.2, 0.25) is 0 Å². The molecule has 0 aromatic rings. The van der Waals surface area contributed by atoms with Crippen LogP contribution in [0.1, 0.15) is 65.2 Å². The van der Waals surface area contributed by atoms with E-state index in [0.717, 1.165) is 0 Å². The largest absolute Gasteiger partial charge is 0.0917 e. The SMILES string of the molecule is C/C=C/CCCCCCC/C=C/CC. The molecule has 0 atom stereocenters. The number of hydrogen-bond donors (Lipinski definition) is 0. The molecule has 0 unspecified atom stereocenters. The van der Waals surface area contributed by atoms with Gasteiger partial charge in [0.05, 0.1) is 0 Å². The van der Waals surface area contributed by atoms with Gasteiger partial charge in [0.15, 0.2) is 0 Å². The van der Waals surface area contributed by atoms with Crippen molar-refractivity contribution in [1.29, 1.82) is 0 Å². The van der Waals surface area contributed by atoms with E-state index in [1.54, 1.807) is 0 Å². The smallest absolute Gasteiger partial charge is 0.0351 e. The van der Waals surface area contributed by atoms with Crippen LogP contribution in [0.2, 0.25) is 0 Å². The maximum absolute atomic E-state index is 2.32. The lowest BCUT2D eigenvalue weighted by Crippen LogP contribution is -1.78. The van der Waals surface area contributed by atoms with Gasteiger partial charge < -0.3 is 0 Å². The molecule has 0 fully saturated rings. The Hall–Kier alpha value is -0.520. The number of unbranched alkanes of at least 4 members (excludes halogenated alkanes) is 6. The summed E-state index contributed by atoms with van der Waals surface area (Å²) >= 11 is 0. The highest BCUT2D eigenvalue weighted by molar-refractivity contribution is 4.79. The van der Waals surface area contributed by atoms with Gasteiger partial charge in [0.25, 0.3) is 0 Å². The first-order valence-electron chi connectivity index (χ1n) is 6.18. The second-order valence-corrected chi connectivity index (χ2v) is 3.79. The van der Waals surface area contributed by atoms with Gasteiger partial charge in [-0.3, -0.25) is 0 Å². The van der Waals surface area contributed by atoms with Gasteiger partial charge in [-0.25, -0.2) is 0 Å². The summed E-state index contributed by atoms with van der Waals surface area (Å²) in [4.78, 5) is 0. The molecule has 0 heterocycles. The van der Waals surface area contributed by atoms with E-state index < -0.39 is 0 Å². The second-order valence-electron chi connectivity index (χ2n) is 3.79. The van der Waals surface area contributed by atoms with Crippen molar-refractivity contribution in [2.75, 3.05) is 0 Å². The van der Waals surface area contributed by atoms with Gasteiger partial charge in [-0.05, 0) is 39.0 Å². The van der Waals surface area contributed by atoms with Crippen LogP contribution in [0.4, 0.5) is 0 Å². The maximum Gasteiger partial charge on any atom is -0.0351 e. The Bertz CT molecular complexity index is 142. The molecule has 0 bridgehead atoms. The standard InChI is InChI=1S/C14H26/c1-3-5-7-9-11-13-14-12-10-8-6-4-2/h3,5-6,8H,4,7,9-14H2,1-2H3/b5-3+,8-6+. The molecule has 0 heteroatoms. The normalized spacial score (nSPS) is 11.9. The molecule has 0 aromatic heterocycles. The predicted molar refractivity (Wildman–Crippen MR) is 66.6 cm³/mol. The lowest BCUT2D eigenvalue weighted by atomic mass is 10.1. The van der Waals surface area contributed by atoms with Gasteiger partial charge in [0.1, 0.15) is 0 Å². The van der Waals surface area contributed by atoms with E-state index >= 15 is 0 Å². The van der Waals surface area contributed by atoms with E-state index in [1.165, 1.54) is 51.4 Å². The maximum atomic E-state index is 2.32. The molecule has 0 nitrogen and oxygen atoms in total. The van der Waals surface area contributed by atoms with Crippen molar-refractivity contribution in [2.45, 2.75) is 65.2 Å². The summed E-state index contributed by atoms with van der Waals surface area (Å²) in [6.45, 7) is 4.29. The highest BCUT2D eigenvalue weighted by atomic mass is 13.9. The van der Waals surface area contributed by atoms with Crippen molar-refractivity contribution in [3.8, 4) is 0 Å². The summed E-state index contributed by atoms with van der Waals surface area (Å²) in [6, 6.07) is 0. The van der Waals surface area contributed by atoms with Crippen molar-refractivity contribution in [1.82, 2.24) is 0 Å². The third-order valence-electron chi connectivity index (χ3n) is 2.38. The quantitative estimate of drug-likeness (QED) is 0.347. The van der Waals surface area contributed by atoms with Gasteiger partial charge in [0, 0.05) is 0 Å². The zero-order chi connectivity index (χ0) is 10.5. The molecule has 0 amide bonds. The summed E-state index contributed by atoms with van der Waals surface area (Å²) in [5, 5.41) is 0. The Morgan fingerprint density at radius 2 is 1.29 bits per heavy atom. The van der Waals surface area contributed by atoms with Crippen LogP contribution in [-0.2, 0) is 0 Å². The Morgan fingerprint density at radius 3 is 1.86 bits per heavy atom. The zero-order valence-corrected chi connectivity index (χ0v) is 9.97. The molecule has 0 rings (SSSR count). The average Bonchev–Trinajstić information content (AvgIpc) is 2.21. The van der Waals surface area contributed by atoms with E-state index in [9.17, 15) is 0 Å². The monoisotopic (exact) mass is 194 g/mol. The van der Waals surface area contributed by atoms with Gasteiger partial charge >= 0.3 is 0 Å². The van der Waals surface area contributed by atoms with Crippen molar-refractivity contribution >= 4 is 0 Å². The Kier molecular flexibility index (Phi) is 12.0. The summed E-state index contributed by atoms with van der Waals surface area (Å²) in [5.74, 6) is 0. The summed E-state index contributed by atoms with van der Waals surface area (Å²) in [7, 11) is 0. The average molecular weight is 194 g/mol. The molecular formula is C14H26. The summed E-state index contributed by atoms with van der Waals surface area (Å²) in [6.07, 6.45) is 19.7. The second kappa shape index (κ2) is 12.5. The molecule has 0 aliphatic carbocycles.